The van der Waals surface area contributed by atoms with Crippen LogP contribution in [-0.2, 0) is 32.0 Å². The molecule has 0 aliphatic carbocycles. The average molecular weight is 426 g/mol. The molecule has 0 amide bonds. The molecule has 0 saturated carbocycles. The van der Waals surface area contributed by atoms with Gasteiger partial charge in [-0.2, -0.15) is 13.2 Å². The molecule has 0 bridgehead atoms. The van der Waals surface area contributed by atoms with Gasteiger partial charge in [0.1, 0.15) is 19.5 Å². The number of hydrogen-bond donors (Lipinski definition) is 0. The molecule has 0 saturated heterocycles. The van der Waals surface area contributed by atoms with Crippen LogP contribution in [0.5, 0.6) is 0 Å². The maximum atomic E-state index is 14.4. The molecule has 0 spiro atoms. The van der Waals surface area contributed by atoms with Crippen LogP contribution in [-0.4, -0.2) is 31.6 Å². The number of rotatable bonds is 7. The molecule has 6 nitrogen and oxygen atoms in total. The van der Waals surface area contributed by atoms with Crippen molar-refractivity contribution in [2.24, 2.45) is 10.3 Å². The van der Waals surface area contributed by atoms with Gasteiger partial charge in [0.2, 0.25) is 0 Å². The van der Waals surface area contributed by atoms with Gasteiger partial charge >= 0.3 is 12.1 Å². The average Bonchev–Trinajstić information content (AvgIpc) is 2.71. The van der Waals surface area contributed by atoms with Gasteiger partial charge in [-0.3, -0.25) is 0 Å². The Bertz CT molecular complexity index is 972. The Hall–Kier alpha value is -3.43. The smallest absolute Gasteiger partial charge is 0.416 e. The minimum atomic E-state index is -4.49. The summed E-state index contributed by atoms with van der Waals surface area (Å²) in [5.74, 6) is -1.69. The second-order valence-electron chi connectivity index (χ2n) is 5.92. The minimum Gasteiger partial charge on any atom is -0.464 e. The van der Waals surface area contributed by atoms with Crippen molar-refractivity contribution in [2.45, 2.75) is 19.7 Å². The molecule has 2 aromatic rings. The van der Waals surface area contributed by atoms with Gasteiger partial charge in [0.25, 0.3) is 0 Å². The third-order valence-corrected chi connectivity index (χ3v) is 3.93. The normalized spacial score (nSPS) is 12.5. The van der Waals surface area contributed by atoms with E-state index in [9.17, 15) is 22.4 Å². The van der Waals surface area contributed by atoms with Crippen LogP contribution in [0.15, 0.2) is 52.8 Å². The standard InChI is InChI=1S/C20H18F4N2O4/c1-12(13-6-4-8-15(10-13)20(22,23)24)25-30-11-14-7-5-9-16(21)17(14)18(26-29-3)19(27)28-2/h4-10H,11H2,1-3H3/b25-12+,26-18+. The second kappa shape index (κ2) is 9.86. The SMILES string of the molecule is CO/N=C(/C(=O)OC)c1c(F)cccc1CO/N=C(\C)c1cccc(C(F)(F)F)c1. The quantitative estimate of drug-likeness (QED) is 0.286. The van der Waals surface area contributed by atoms with Crippen LogP contribution >= 0.6 is 0 Å². The molecule has 0 aromatic heterocycles. The van der Waals surface area contributed by atoms with Crippen LogP contribution in [0.3, 0.4) is 0 Å². The van der Waals surface area contributed by atoms with E-state index in [1.54, 1.807) is 0 Å². The summed E-state index contributed by atoms with van der Waals surface area (Å²) in [6.45, 7) is 1.18. The van der Waals surface area contributed by atoms with E-state index in [1.165, 1.54) is 38.3 Å². The molecule has 10 heteroatoms. The number of benzene rings is 2. The predicted octanol–water partition coefficient (Wildman–Crippen LogP) is 4.31. The fourth-order valence-corrected chi connectivity index (χ4v) is 2.50. The van der Waals surface area contributed by atoms with Crippen molar-refractivity contribution in [2.75, 3.05) is 14.2 Å². The van der Waals surface area contributed by atoms with Crippen molar-refractivity contribution < 1.29 is 36.8 Å². The molecule has 0 N–H and O–H groups in total. The van der Waals surface area contributed by atoms with E-state index in [-0.39, 0.29) is 29.0 Å². The molecular weight excluding hydrogens is 408 g/mol. The summed E-state index contributed by atoms with van der Waals surface area (Å²) in [5.41, 5.74) is -0.830. The van der Waals surface area contributed by atoms with Gasteiger partial charge < -0.3 is 14.4 Å². The maximum absolute atomic E-state index is 14.4. The number of esters is 1. The molecule has 0 radical (unpaired) electrons. The summed E-state index contributed by atoms with van der Waals surface area (Å²) in [6, 6.07) is 8.57. The highest BCUT2D eigenvalue weighted by Gasteiger charge is 2.30. The largest absolute Gasteiger partial charge is 0.464 e. The van der Waals surface area contributed by atoms with E-state index < -0.39 is 29.2 Å². The topological polar surface area (TPSA) is 69.5 Å². The number of hydrogen-bond acceptors (Lipinski definition) is 6. The molecule has 0 atom stereocenters. The van der Waals surface area contributed by atoms with E-state index in [0.29, 0.717) is 0 Å². The number of carbonyl (C=O) groups excluding carboxylic acids is 1. The zero-order valence-electron chi connectivity index (χ0n) is 16.3. The number of nitrogens with zero attached hydrogens (tertiary/aromatic N) is 2. The van der Waals surface area contributed by atoms with E-state index in [0.717, 1.165) is 25.3 Å². The molecular formula is C20H18F4N2O4. The van der Waals surface area contributed by atoms with Gasteiger partial charge in [-0.1, -0.05) is 34.6 Å². The Morgan fingerprint density at radius 2 is 1.77 bits per heavy atom. The van der Waals surface area contributed by atoms with Crippen molar-refractivity contribution in [1.82, 2.24) is 0 Å². The zero-order valence-corrected chi connectivity index (χ0v) is 16.3. The Balaban J connectivity index is 2.27. The van der Waals surface area contributed by atoms with Crippen LogP contribution < -0.4 is 0 Å². The maximum Gasteiger partial charge on any atom is 0.416 e. The van der Waals surface area contributed by atoms with Crippen LogP contribution in [0.2, 0.25) is 0 Å². The Kier molecular flexibility index (Phi) is 7.51. The highest BCUT2D eigenvalue weighted by atomic mass is 19.4. The first kappa shape index (κ1) is 22.9. The zero-order chi connectivity index (χ0) is 22.3. The van der Waals surface area contributed by atoms with E-state index in [4.69, 9.17) is 4.84 Å². The van der Waals surface area contributed by atoms with Crippen molar-refractivity contribution in [3.05, 3.63) is 70.5 Å². The van der Waals surface area contributed by atoms with Crippen molar-refractivity contribution >= 4 is 17.4 Å². The first-order valence-corrected chi connectivity index (χ1v) is 8.50. The summed E-state index contributed by atoms with van der Waals surface area (Å²) >= 11 is 0. The first-order valence-electron chi connectivity index (χ1n) is 8.50. The molecule has 0 aliphatic rings. The van der Waals surface area contributed by atoms with Gasteiger partial charge in [0.15, 0.2) is 5.71 Å². The van der Waals surface area contributed by atoms with E-state index in [2.05, 4.69) is 19.9 Å². The lowest BCUT2D eigenvalue weighted by molar-refractivity contribution is -0.137. The molecule has 2 aromatic carbocycles. The molecule has 0 fully saturated rings. The number of alkyl halides is 3. The van der Waals surface area contributed by atoms with Crippen LogP contribution in [0.1, 0.15) is 29.2 Å². The highest BCUT2D eigenvalue weighted by molar-refractivity contribution is 6.43. The number of methoxy groups -OCH3 is 1. The van der Waals surface area contributed by atoms with Crippen molar-refractivity contribution in [3.63, 3.8) is 0 Å². The fourth-order valence-electron chi connectivity index (χ4n) is 2.50. The van der Waals surface area contributed by atoms with Crippen LogP contribution in [0, 0.1) is 5.82 Å². The number of carbonyl (C=O) groups is 1. The van der Waals surface area contributed by atoms with E-state index >= 15 is 0 Å². The summed E-state index contributed by atoms with van der Waals surface area (Å²) in [5, 5.41) is 7.31. The Morgan fingerprint density at radius 1 is 1.07 bits per heavy atom. The molecule has 2 rings (SSSR count). The predicted molar refractivity (Wildman–Crippen MR) is 100 cm³/mol. The number of halogens is 4. The lowest BCUT2D eigenvalue weighted by atomic mass is 10.0. The van der Waals surface area contributed by atoms with Gasteiger partial charge in [0, 0.05) is 5.56 Å². The van der Waals surface area contributed by atoms with Gasteiger partial charge in [0.05, 0.1) is 23.9 Å². The molecule has 160 valence electrons. The monoisotopic (exact) mass is 426 g/mol. The van der Waals surface area contributed by atoms with Gasteiger partial charge in [-0.25, -0.2) is 9.18 Å². The number of ether oxygens (including phenoxy) is 1. The summed E-state index contributed by atoms with van der Waals surface area (Å²) in [4.78, 5) is 21.7. The second-order valence-corrected chi connectivity index (χ2v) is 5.92. The molecule has 0 heterocycles. The molecule has 0 aliphatic heterocycles. The summed E-state index contributed by atoms with van der Waals surface area (Å²) in [6.07, 6.45) is -4.49. The molecule has 30 heavy (non-hydrogen) atoms. The Labute approximate surface area is 169 Å². The fraction of sp³-hybridized carbons (Fsp3) is 0.250. The van der Waals surface area contributed by atoms with Gasteiger partial charge in [-0.05, 0) is 30.7 Å². The first-order chi connectivity index (χ1) is 14.2. The van der Waals surface area contributed by atoms with Crippen molar-refractivity contribution in [3.8, 4) is 0 Å². The highest BCUT2D eigenvalue weighted by Crippen LogP contribution is 2.29. The third kappa shape index (κ3) is 5.56. The summed E-state index contributed by atoms with van der Waals surface area (Å²) < 4.78 is 57.5. The third-order valence-electron chi connectivity index (χ3n) is 3.93. The Morgan fingerprint density at radius 3 is 2.40 bits per heavy atom. The molecule has 0 unspecified atom stereocenters. The number of oxime groups is 2. The lowest BCUT2D eigenvalue weighted by Crippen LogP contribution is -2.21. The van der Waals surface area contributed by atoms with Gasteiger partial charge in [-0.15, -0.1) is 0 Å². The lowest BCUT2D eigenvalue weighted by Gasteiger charge is -2.11. The van der Waals surface area contributed by atoms with E-state index in [1.807, 2.05) is 0 Å². The minimum absolute atomic E-state index is 0.179. The van der Waals surface area contributed by atoms with Crippen LogP contribution in [0.4, 0.5) is 17.6 Å². The van der Waals surface area contributed by atoms with Crippen molar-refractivity contribution in [1.29, 1.82) is 0 Å². The summed E-state index contributed by atoms with van der Waals surface area (Å²) in [7, 11) is 2.29. The van der Waals surface area contributed by atoms with Crippen LogP contribution in [0.25, 0.3) is 0 Å².